The maximum atomic E-state index is 12.9. The lowest BCUT2D eigenvalue weighted by molar-refractivity contribution is 0.0921. The summed E-state index contributed by atoms with van der Waals surface area (Å²) in [6, 6.07) is 11.1. The van der Waals surface area contributed by atoms with Crippen molar-refractivity contribution in [1.29, 1.82) is 0 Å². The third-order valence-corrected chi connectivity index (χ3v) is 3.70. The molecule has 0 atom stereocenters. The second-order valence-electron chi connectivity index (χ2n) is 4.02. The van der Waals surface area contributed by atoms with Gasteiger partial charge < -0.3 is 4.74 Å². The van der Waals surface area contributed by atoms with Crippen molar-refractivity contribution in [3.8, 4) is 5.75 Å². The van der Waals surface area contributed by atoms with Crippen molar-refractivity contribution in [2.24, 2.45) is 0 Å². The van der Waals surface area contributed by atoms with Gasteiger partial charge >= 0.3 is 0 Å². The van der Waals surface area contributed by atoms with E-state index in [4.69, 9.17) is 16.3 Å². The summed E-state index contributed by atoms with van der Waals surface area (Å²) in [4.78, 5) is 13.0. The van der Waals surface area contributed by atoms with Gasteiger partial charge in [-0.2, -0.15) is 0 Å². The Balaban J connectivity index is 2.00. The minimum Gasteiger partial charge on any atom is -0.484 e. The number of ketones is 1. The lowest BCUT2D eigenvalue weighted by Gasteiger charge is -2.07. The van der Waals surface area contributed by atoms with Gasteiger partial charge in [0.2, 0.25) is 0 Å². The van der Waals surface area contributed by atoms with E-state index in [9.17, 15) is 9.18 Å². The molecule has 2 aromatic carbocycles. The van der Waals surface area contributed by atoms with E-state index in [-0.39, 0.29) is 17.4 Å². The number of halogens is 2. The average molecular weight is 311 g/mol. The Labute approximate surface area is 125 Å². The van der Waals surface area contributed by atoms with Crippen LogP contribution in [0.3, 0.4) is 0 Å². The van der Waals surface area contributed by atoms with Crippen LogP contribution in [0.5, 0.6) is 5.75 Å². The quantitative estimate of drug-likeness (QED) is 0.602. The number of hydrogen-bond donors (Lipinski definition) is 0. The van der Waals surface area contributed by atoms with Crippen LogP contribution in [-0.2, 0) is 0 Å². The molecule has 0 fully saturated rings. The van der Waals surface area contributed by atoms with Gasteiger partial charge in [0.1, 0.15) is 11.6 Å². The fraction of sp³-hybridized carbons (Fsp3) is 0.133. The van der Waals surface area contributed by atoms with Crippen molar-refractivity contribution >= 4 is 29.1 Å². The molecule has 2 nitrogen and oxygen atoms in total. The lowest BCUT2D eigenvalue weighted by Crippen LogP contribution is -2.11. The van der Waals surface area contributed by atoms with E-state index in [0.717, 1.165) is 11.0 Å². The molecule has 0 heterocycles. The first-order chi connectivity index (χ1) is 9.60. The van der Waals surface area contributed by atoms with Crippen molar-refractivity contribution in [3.05, 3.63) is 58.9 Å². The van der Waals surface area contributed by atoms with E-state index >= 15 is 0 Å². The zero-order chi connectivity index (χ0) is 14.5. The molecule has 0 aliphatic heterocycles. The Morgan fingerprint density at radius 2 is 1.95 bits per heavy atom. The predicted octanol–water partition coefficient (Wildman–Crippen LogP) is 4.46. The molecule has 0 bridgehead atoms. The Morgan fingerprint density at radius 3 is 2.55 bits per heavy atom. The summed E-state index contributed by atoms with van der Waals surface area (Å²) in [7, 11) is 0. The third kappa shape index (κ3) is 3.74. The molecule has 20 heavy (non-hydrogen) atoms. The van der Waals surface area contributed by atoms with Crippen LogP contribution in [0.25, 0.3) is 0 Å². The van der Waals surface area contributed by atoms with Crippen molar-refractivity contribution in [3.63, 3.8) is 0 Å². The molecule has 0 aliphatic carbocycles. The molecule has 0 N–H and O–H groups in total. The molecular formula is C15H12ClFO2S. The van der Waals surface area contributed by atoms with Gasteiger partial charge in [-0.15, -0.1) is 11.8 Å². The van der Waals surface area contributed by atoms with Crippen molar-refractivity contribution in [2.45, 2.75) is 4.90 Å². The zero-order valence-electron chi connectivity index (χ0n) is 10.7. The van der Waals surface area contributed by atoms with Crippen LogP contribution in [0.15, 0.2) is 47.4 Å². The van der Waals surface area contributed by atoms with E-state index in [1.807, 2.05) is 18.4 Å². The molecule has 0 amide bonds. The predicted molar refractivity (Wildman–Crippen MR) is 79.5 cm³/mol. The van der Waals surface area contributed by atoms with Gasteiger partial charge in [0.15, 0.2) is 12.4 Å². The van der Waals surface area contributed by atoms with Gasteiger partial charge in [-0.25, -0.2) is 4.39 Å². The number of carbonyl (C=O) groups is 1. The summed E-state index contributed by atoms with van der Waals surface area (Å²) in [6.45, 7) is -0.135. The monoisotopic (exact) mass is 310 g/mol. The van der Waals surface area contributed by atoms with Gasteiger partial charge in [0, 0.05) is 10.5 Å². The summed E-state index contributed by atoms with van der Waals surface area (Å²) in [6.07, 6.45) is 1.97. The van der Waals surface area contributed by atoms with Gasteiger partial charge in [0.05, 0.1) is 5.02 Å². The summed E-state index contributed by atoms with van der Waals surface area (Å²) in [5, 5.41) is 0.149. The van der Waals surface area contributed by atoms with Crippen LogP contribution >= 0.6 is 23.4 Å². The zero-order valence-corrected chi connectivity index (χ0v) is 12.3. The molecule has 0 aliphatic rings. The van der Waals surface area contributed by atoms with Crippen LogP contribution in [0.4, 0.5) is 4.39 Å². The highest BCUT2D eigenvalue weighted by Gasteiger charge is 2.09. The first kappa shape index (κ1) is 14.9. The smallest absolute Gasteiger partial charge is 0.200 e. The van der Waals surface area contributed by atoms with E-state index in [2.05, 4.69) is 0 Å². The fourth-order valence-electron chi connectivity index (χ4n) is 1.60. The minimum absolute atomic E-state index is 0.135. The number of carbonyl (C=O) groups excluding carboxylic acids is 1. The normalized spacial score (nSPS) is 10.3. The molecule has 0 spiro atoms. The molecule has 0 aromatic heterocycles. The highest BCUT2D eigenvalue weighted by atomic mass is 35.5. The molecule has 0 saturated heterocycles. The first-order valence-electron chi connectivity index (χ1n) is 5.85. The SMILES string of the molecule is CSc1ccc(C(=O)COc2ccc(F)cc2Cl)cc1. The van der Waals surface area contributed by atoms with Crippen LogP contribution in [0, 0.1) is 5.82 Å². The molecular weight excluding hydrogens is 299 g/mol. The molecule has 2 aromatic rings. The van der Waals surface area contributed by atoms with E-state index in [1.54, 1.807) is 23.9 Å². The largest absolute Gasteiger partial charge is 0.484 e. The van der Waals surface area contributed by atoms with Gasteiger partial charge in [-0.05, 0) is 36.6 Å². The molecule has 0 unspecified atom stereocenters. The standard InChI is InChI=1S/C15H12ClFO2S/c1-20-12-5-2-10(3-6-12)14(18)9-19-15-7-4-11(17)8-13(15)16/h2-8H,9H2,1H3. The Kier molecular flexibility index (Phi) is 5.04. The Morgan fingerprint density at radius 1 is 1.25 bits per heavy atom. The average Bonchev–Trinajstić information content (AvgIpc) is 2.46. The van der Waals surface area contributed by atoms with Crippen molar-refractivity contribution < 1.29 is 13.9 Å². The highest BCUT2D eigenvalue weighted by Crippen LogP contribution is 2.25. The van der Waals surface area contributed by atoms with Gasteiger partial charge in [0.25, 0.3) is 0 Å². The fourth-order valence-corrected chi connectivity index (χ4v) is 2.23. The highest BCUT2D eigenvalue weighted by molar-refractivity contribution is 7.98. The van der Waals surface area contributed by atoms with Crippen LogP contribution in [-0.4, -0.2) is 18.6 Å². The molecule has 0 radical (unpaired) electrons. The maximum absolute atomic E-state index is 12.9. The van der Waals surface area contributed by atoms with Crippen LogP contribution in [0.2, 0.25) is 5.02 Å². The number of ether oxygens (including phenoxy) is 1. The third-order valence-electron chi connectivity index (χ3n) is 2.66. The Hall–Kier alpha value is -1.52. The minimum atomic E-state index is -0.443. The van der Waals surface area contributed by atoms with Crippen LogP contribution < -0.4 is 4.74 Å². The Bertz CT molecular complexity index is 614. The maximum Gasteiger partial charge on any atom is 0.200 e. The van der Waals surface area contributed by atoms with E-state index in [1.165, 1.54) is 12.1 Å². The summed E-state index contributed by atoms with van der Waals surface area (Å²) in [5.74, 6) is -0.304. The summed E-state index contributed by atoms with van der Waals surface area (Å²) >= 11 is 7.43. The number of rotatable bonds is 5. The van der Waals surface area contributed by atoms with Crippen molar-refractivity contribution in [2.75, 3.05) is 12.9 Å². The summed E-state index contributed by atoms with van der Waals surface area (Å²) in [5.41, 5.74) is 0.570. The number of hydrogen-bond acceptors (Lipinski definition) is 3. The molecule has 2 rings (SSSR count). The second-order valence-corrected chi connectivity index (χ2v) is 5.30. The molecule has 0 saturated carbocycles. The summed E-state index contributed by atoms with van der Waals surface area (Å²) < 4.78 is 18.2. The van der Waals surface area contributed by atoms with Gasteiger partial charge in [-0.3, -0.25) is 4.79 Å². The topological polar surface area (TPSA) is 26.3 Å². The van der Waals surface area contributed by atoms with E-state index < -0.39 is 5.82 Å². The van der Waals surface area contributed by atoms with Crippen molar-refractivity contribution in [1.82, 2.24) is 0 Å². The van der Waals surface area contributed by atoms with Crippen LogP contribution in [0.1, 0.15) is 10.4 Å². The number of Topliss-reactive ketones (excluding diaryl/α,β-unsaturated/α-hetero) is 1. The second kappa shape index (κ2) is 6.77. The number of benzene rings is 2. The van der Waals surface area contributed by atoms with Gasteiger partial charge in [-0.1, -0.05) is 23.7 Å². The lowest BCUT2D eigenvalue weighted by atomic mass is 10.1. The van der Waals surface area contributed by atoms with E-state index in [0.29, 0.717) is 11.3 Å². The number of thioether (sulfide) groups is 1. The first-order valence-corrected chi connectivity index (χ1v) is 7.45. The molecule has 104 valence electrons. The molecule has 5 heteroatoms.